The van der Waals surface area contributed by atoms with Crippen LogP contribution in [0.2, 0.25) is 0 Å². The fraction of sp³-hybridized carbons (Fsp3) is 0.550. The summed E-state index contributed by atoms with van der Waals surface area (Å²) < 4.78 is 0. The lowest BCUT2D eigenvalue weighted by Crippen LogP contribution is -2.40. The number of nitrogens with zero attached hydrogens (tertiary/aromatic N) is 2. The first-order valence-corrected chi connectivity index (χ1v) is 8.81. The molecule has 0 N–H and O–H groups in total. The number of benzene rings is 1. The minimum absolute atomic E-state index is 0.476. The van der Waals surface area contributed by atoms with Crippen LogP contribution >= 0.6 is 0 Å². The highest BCUT2D eigenvalue weighted by molar-refractivity contribution is 5.87. The first-order valence-electron chi connectivity index (χ1n) is 8.81. The predicted molar refractivity (Wildman–Crippen MR) is 92.1 cm³/mol. The summed E-state index contributed by atoms with van der Waals surface area (Å²) in [6.45, 7) is 6.81. The Hall–Kier alpha value is -1.41. The fourth-order valence-corrected chi connectivity index (χ4v) is 4.17. The third-order valence-electron chi connectivity index (χ3n) is 5.63. The molecule has 1 aliphatic heterocycles. The van der Waals surface area contributed by atoms with Gasteiger partial charge in [-0.3, -0.25) is 9.88 Å². The predicted octanol–water partition coefficient (Wildman–Crippen LogP) is 4.88. The molecule has 22 heavy (non-hydrogen) atoms. The Kier molecular flexibility index (Phi) is 3.45. The van der Waals surface area contributed by atoms with Gasteiger partial charge in [0.15, 0.2) is 0 Å². The number of aromatic nitrogens is 1. The van der Waals surface area contributed by atoms with Gasteiger partial charge >= 0.3 is 0 Å². The number of piperidine rings is 1. The second-order valence-corrected chi connectivity index (χ2v) is 7.47. The van der Waals surface area contributed by atoms with Crippen molar-refractivity contribution < 1.29 is 0 Å². The number of rotatable bonds is 3. The van der Waals surface area contributed by atoms with E-state index in [1.54, 1.807) is 0 Å². The molecule has 0 atom stereocenters. The Morgan fingerprint density at radius 1 is 1.09 bits per heavy atom. The van der Waals surface area contributed by atoms with Crippen molar-refractivity contribution in [3.63, 3.8) is 0 Å². The largest absolute Gasteiger partial charge is 0.293 e. The quantitative estimate of drug-likeness (QED) is 0.802. The molecule has 0 bridgehead atoms. The molecular formula is C20H26N2. The van der Waals surface area contributed by atoms with Crippen molar-refractivity contribution in [1.82, 2.24) is 9.88 Å². The average Bonchev–Trinajstić information content (AvgIpc) is 3.30. The van der Waals surface area contributed by atoms with Crippen LogP contribution in [0, 0.1) is 0 Å². The van der Waals surface area contributed by atoms with Gasteiger partial charge in [-0.15, -0.1) is 0 Å². The van der Waals surface area contributed by atoms with Gasteiger partial charge in [0.25, 0.3) is 0 Å². The number of likely N-dealkylation sites (tertiary alicyclic amines) is 1. The Morgan fingerprint density at radius 2 is 1.86 bits per heavy atom. The van der Waals surface area contributed by atoms with Crippen LogP contribution in [0.4, 0.5) is 0 Å². The molecular weight excluding hydrogens is 268 g/mol. The molecule has 2 heterocycles. The molecule has 2 heteroatoms. The van der Waals surface area contributed by atoms with E-state index in [2.05, 4.69) is 49.2 Å². The lowest BCUT2D eigenvalue weighted by atomic mass is 9.96. The summed E-state index contributed by atoms with van der Waals surface area (Å²) >= 11 is 0. The van der Waals surface area contributed by atoms with Crippen LogP contribution in [0.5, 0.6) is 0 Å². The second kappa shape index (κ2) is 5.34. The molecule has 4 rings (SSSR count). The van der Waals surface area contributed by atoms with Crippen molar-refractivity contribution in [2.75, 3.05) is 6.54 Å². The van der Waals surface area contributed by atoms with E-state index in [9.17, 15) is 0 Å². The van der Waals surface area contributed by atoms with E-state index in [-0.39, 0.29) is 0 Å². The van der Waals surface area contributed by atoms with E-state index >= 15 is 0 Å². The van der Waals surface area contributed by atoms with Gasteiger partial charge < -0.3 is 0 Å². The van der Waals surface area contributed by atoms with Gasteiger partial charge in [-0.25, -0.2) is 0 Å². The third-order valence-corrected chi connectivity index (χ3v) is 5.63. The van der Waals surface area contributed by atoms with Crippen molar-refractivity contribution in [2.24, 2.45) is 0 Å². The Labute approximate surface area is 133 Å². The monoisotopic (exact) mass is 294 g/mol. The van der Waals surface area contributed by atoms with E-state index in [0.717, 1.165) is 6.54 Å². The van der Waals surface area contributed by atoms with Crippen LogP contribution in [0.3, 0.4) is 0 Å². The van der Waals surface area contributed by atoms with E-state index < -0.39 is 0 Å². The molecule has 2 fully saturated rings. The van der Waals surface area contributed by atoms with E-state index in [0.29, 0.717) is 11.5 Å². The number of fused-ring (bicyclic) bond motifs is 1. The summed E-state index contributed by atoms with van der Waals surface area (Å²) in [5, 5.41) is 2.75. The molecule has 2 nitrogen and oxygen atoms in total. The summed E-state index contributed by atoms with van der Waals surface area (Å²) in [5.74, 6) is 0.476. The first-order chi connectivity index (χ1) is 10.7. The summed E-state index contributed by atoms with van der Waals surface area (Å²) in [4.78, 5) is 7.56. The first kappa shape index (κ1) is 14.2. The van der Waals surface area contributed by atoms with Gasteiger partial charge in [0.1, 0.15) is 0 Å². The van der Waals surface area contributed by atoms with E-state index in [1.807, 2.05) is 0 Å². The highest BCUT2D eigenvalue weighted by Gasteiger charge is 2.48. The zero-order valence-corrected chi connectivity index (χ0v) is 13.8. The minimum Gasteiger partial charge on any atom is -0.293 e. The Bertz CT molecular complexity index is 685. The molecule has 0 unspecified atom stereocenters. The average molecular weight is 294 g/mol. The molecule has 0 amide bonds. The fourth-order valence-electron chi connectivity index (χ4n) is 4.17. The zero-order valence-electron chi connectivity index (χ0n) is 13.8. The molecule has 1 saturated heterocycles. The molecule has 1 saturated carbocycles. The van der Waals surface area contributed by atoms with Gasteiger partial charge in [0, 0.05) is 23.7 Å². The topological polar surface area (TPSA) is 16.1 Å². The highest BCUT2D eigenvalue weighted by atomic mass is 15.2. The molecule has 1 aromatic carbocycles. The summed E-state index contributed by atoms with van der Waals surface area (Å²) in [6, 6.07) is 8.83. The van der Waals surface area contributed by atoms with Gasteiger partial charge in [0.2, 0.25) is 0 Å². The van der Waals surface area contributed by atoms with Crippen LogP contribution < -0.4 is 0 Å². The normalized spacial score (nSPS) is 20.9. The van der Waals surface area contributed by atoms with E-state index in [4.69, 9.17) is 4.98 Å². The molecule has 116 valence electrons. The lowest BCUT2D eigenvalue weighted by molar-refractivity contribution is 0.121. The Morgan fingerprint density at radius 3 is 2.59 bits per heavy atom. The molecule has 1 spiro atoms. The molecule has 1 aromatic heterocycles. The smallest absolute Gasteiger partial charge is 0.0507 e. The maximum Gasteiger partial charge on any atom is 0.0507 e. The van der Waals surface area contributed by atoms with E-state index in [1.165, 1.54) is 60.7 Å². The van der Waals surface area contributed by atoms with Gasteiger partial charge in [-0.2, -0.15) is 0 Å². The lowest BCUT2D eigenvalue weighted by Gasteiger charge is -2.36. The molecule has 1 aliphatic carbocycles. The molecule has 2 aliphatic rings. The zero-order chi connectivity index (χ0) is 15.2. The Balaban J connectivity index is 1.72. The molecule has 0 radical (unpaired) electrons. The van der Waals surface area contributed by atoms with Crippen molar-refractivity contribution in [3.05, 3.63) is 41.7 Å². The van der Waals surface area contributed by atoms with Crippen molar-refractivity contribution in [2.45, 2.75) is 64.0 Å². The summed E-state index contributed by atoms with van der Waals surface area (Å²) in [5.41, 5.74) is 3.20. The van der Waals surface area contributed by atoms with Crippen molar-refractivity contribution >= 4 is 10.8 Å². The number of hydrogen-bond donors (Lipinski definition) is 0. The number of pyridine rings is 1. The van der Waals surface area contributed by atoms with Crippen LogP contribution in [-0.4, -0.2) is 22.0 Å². The van der Waals surface area contributed by atoms with Gasteiger partial charge in [0.05, 0.1) is 5.69 Å². The standard InChI is InChI=1S/C20H26N2/c1-15(2)19-18-8-4-3-7-17(18)16(13-21-19)14-22-12-6-5-9-20(22)10-11-20/h3-4,7-8,13,15H,5-6,9-12,14H2,1-2H3. The third kappa shape index (κ3) is 2.34. The highest BCUT2D eigenvalue weighted by Crippen LogP contribution is 2.49. The number of hydrogen-bond acceptors (Lipinski definition) is 2. The molecule has 2 aromatic rings. The van der Waals surface area contributed by atoms with Crippen LogP contribution in [-0.2, 0) is 6.54 Å². The maximum atomic E-state index is 4.81. The van der Waals surface area contributed by atoms with Crippen LogP contribution in [0.15, 0.2) is 30.5 Å². The van der Waals surface area contributed by atoms with Crippen molar-refractivity contribution in [3.8, 4) is 0 Å². The van der Waals surface area contributed by atoms with Crippen molar-refractivity contribution in [1.29, 1.82) is 0 Å². The minimum atomic E-state index is 0.476. The van der Waals surface area contributed by atoms with Gasteiger partial charge in [-0.1, -0.05) is 44.5 Å². The summed E-state index contributed by atoms with van der Waals surface area (Å²) in [6.07, 6.45) is 9.13. The van der Waals surface area contributed by atoms with Crippen LogP contribution in [0.25, 0.3) is 10.8 Å². The second-order valence-electron chi connectivity index (χ2n) is 7.47. The SMILES string of the molecule is CC(C)c1ncc(CN2CCCCC23CC3)c2ccccc12. The summed E-state index contributed by atoms with van der Waals surface area (Å²) in [7, 11) is 0. The van der Waals surface area contributed by atoms with Crippen LogP contribution in [0.1, 0.15) is 63.1 Å². The maximum absolute atomic E-state index is 4.81. The van der Waals surface area contributed by atoms with Gasteiger partial charge in [-0.05, 0) is 49.1 Å².